The Balaban J connectivity index is 1.13. The van der Waals surface area contributed by atoms with Gasteiger partial charge in [-0.3, -0.25) is 0 Å². The lowest BCUT2D eigenvalue weighted by atomic mass is 9.47. The highest BCUT2D eigenvalue weighted by Crippen LogP contribution is 2.68. The number of fused-ring (bicyclic) bond motifs is 4. The number of hydrogen-bond acceptors (Lipinski definition) is 4. The zero-order chi connectivity index (χ0) is 22.8. The van der Waals surface area contributed by atoms with E-state index in [-0.39, 0.29) is 12.2 Å². The minimum absolute atomic E-state index is 0.00685. The molecule has 1 aliphatic heterocycles. The van der Waals surface area contributed by atoms with Crippen LogP contribution in [0, 0.1) is 34.5 Å². The number of furan rings is 1. The Morgan fingerprint density at radius 3 is 2.88 bits per heavy atom. The second-order valence-corrected chi connectivity index (χ2v) is 12.1. The molecule has 180 valence electrons. The average Bonchev–Trinajstić information content (AvgIpc) is 3.49. The fourth-order valence-electron chi connectivity index (χ4n) is 9.30. The van der Waals surface area contributed by atoms with Gasteiger partial charge in [-0.05, 0) is 106 Å². The maximum atomic E-state index is 12.4. The number of nitrogens with one attached hydrogen (secondary N) is 1. The summed E-state index contributed by atoms with van der Waals surface area (Å²) >= 11 is 0. The molecule has 4 fully saturated rings. The van der Waals surface area contributed by atoms with E-state index >= 15 is 0 Å². The van der Waals surface area contributed by atoms with E-state index < -0.39 is 0 Å². The Bertz CT molecular complexity index is 926. The number of likely N-dealkylation sites (tertiary alicyclic amines) is 1. The van der Waals surface area contributed by atoms with Crippen LogP contribution in [0.25, 0.3) is 0 Å². The van der Waals surface area contributed by atoms with Crippen LogP contribution in [-0.2, 0) is 11.3 Å². The second-order valence-electron chi connectivity index (χ2n) is 12.1. The number of carbonyl (C=O) groups excluding carboxylic acids is 1. The molecule has 5 heteroatoms. The van der Waals surface area contributed by atoms with Crippen molar-refractivity contribution in [2.45, 2.75) is 83.9 Å². The Morgan fingerprint density at radius 2 is 2.06 bits per heavy atom. The SMILES string of the molecule is C[C@H]1[C@H]2CC[C@H]3[C@@H]4CC=C5C[C@@H](OC(=O)NCc6ccco6)CC[C@]5(C)[C@H]4CC[C@]23CN1C. The maximum Gasteiger partial charge on any atom is 0.407 e. The highest BCUT2D eigenvalue weighted by molar-refractivity contribution is 5.67. The third kappa shape index (κ3) is 3.32. The number of alkyl carbamates (subject to hydrolysis) is 1. The Morgan fingerprint density at radius 1 is 1.21 bits per heavy atom. The van der Waals surface area contributed by atoms with E-state index in [0.29, 0.717) is 17.4 Å². The summed E-state index contributed by atoms with van der Waals surface area (Å²) in [6.07, 6.45) is 13.8. The molecule has 5 aliphatic rings. The van der Waals surface area contributed by atoms with Gasteiger partial charge in [0.15, 0.2) is 0 Å². The van der Waals surface area contributed by atoms with Gasteiger partial charge in [0.25, 0.3) is 0 Å². The van der Waals surface area contributed by atoms with E-state index in [2.05, 4.69) is 37.2 Å². The average molecular weight is 453 g/mol. The van der Waals surface area contributed by atoms with Gasteiger partial charge in [0.05, 0.1) is 12.8 Å². The van der Waals surface area contributed by atoms with Crippen LogP contribution in [0.1, 0.15) is 71.0 Å². The number of allylic oxidation sites excluding steroid dienone is 1. The fourth-order valence-corrected chi connectivity index (χ4v) is 9.30. The molecule has 1 aromatic rings. The Labute approximate surface area is 198 Å². The van der Waals surface area contributed by atoms with E-state index in [0.717, 1.165) is 54.7 Å². The lowest BCUT2D eigenvalue weighted by Crippen LogP contribution is -2.52. The van der Waals surface area contributed by atoms with Crippen molar-refractivity contribution in [2.75, 3.05) is 13.6 Å². The van der Waals surface area contributed by atoms with Crippen LogP contribution in [0.2, 0.25) is 0 Å². The highest BCUT2D eigenvalue weighted by Gasteiger charge is 2.64. The molecule has 2 heterocycles. The van der Waals surface area contributed by atoms with Gasteiger partial charge in [-0.25, -0.2) is 4.79 Å². The van der Waals surface area contributed by atoms with Crippen molar-refractivity contribution in [3.63, 3.8) is 0 Å². The number of carbonyl (C=O) groups is 1. The van der Waals surface area contributed by atoms with E-state index in [1.165, 1.54) is 38.6 Å². The molecule has 1 N–H and O–H groups in total. The Hall–Kier alpha value is -1.75. The first-order valence-electron chi connectivity index (χ1n) is 13.3. The van der Waals surface area contributed by atoms with Crippen molar-refractivity contribution >= 4 is 6.09 Å². The van der Waals surface area contributed by atoms with Gasteiger partial charge in [-0.15, -0.1) is 0 Å². The van der Waals surface area contributed by atoms with Gasteiger partial charge in [0.2, 0.25) is 0 Å². The molecule has 4 aliphatic carbocycles. The molecule has 33 heavy (non-hydrogen) atoms. The first-order chi connectivity index (χ1) is 15.9. The molecule has 6 rings (SSSR count). The minimum Gasteiger partial charge on any atom is -0.467 e. The molecule has 8 atom stereocenters. The zero-order valence-corrected chi connectivity index (χ0v) is 20.5. The summed E-state index contributed by atoms with van der Waals surface area (Å²) in [7, 11) is 2.35. The summed E-state index contributed by atoms with van der Waals surface area (Å²) in [6.45, 7) is 6.71. The van der Waals surface area contributed by atoms with Gasteiger partial charge < -0.3 is 19.4 Å². The number of amides is 1. The third-order valence-corrected chi connectivity index (χ3v) is 10.9. The molecule has 5 nitrogen and oxygen atoms in total. The molecular formula is C28H40N2O3. The molecule has 3 saturated carbocycles. The molecule has 1 aromatic heterocycles. The number of nitrogens with zero attached hydrogens (tertiary/aromatic N) is 1. The molecule has 0 unspecified atom stereocenters. The zero-order valence-electron chi connectivity index (χ0n) is 20.5. The standard InChI is InChI=1S/C28H40N2O3/c1-18-23-8-9-25-22-7-6-19-15-20(33-26(31)29-16-21-5-4-14-32-21)10-12-27(19,2)24(22)11-13-28(23,25)17-30(18)3/h4-6,14,18,20,22-25H,7-13,15-17H2,1-3H3,(H,29,31)/t18-,20-,22+,23+,24-,25-,27-,28-/m0/s1. The van der Waals surface area contributed by atoms with E-state index in [4.69, 9.17) is 9.15 Å². The lowest BCUT2D eigenvalue weighted by Gasteiger charge is -2.58. The molecular weight excluding hydrogens is 412 g/mol. The largest absolute Gasteiger partial charge is 0.467 e. The number of ether oxygens (including phenoxy) is 1. The van der Waals surface area contributed by atoms with Crippen molar-refractivity contribution in [3.8, 4) is 0 Å². The third-order valence-electron chi connectivity index (χ3n) is 10.9. The second kappa shape index (κ2) is 7.90. The normalized spacial score (nSPS) is 44.3. The van der Waals surface area contributed by atoms with Gasteiger partial charge >= 0.3 is 6.09 Å². The molecule has 1 spiro atoms. The Kier molecular flexibility index (Phi) is 5.21. The molecule has 1 amide bonds. The minimum atomic E-state index is -0.328. The van der Waals surface area contributed by atoms with E-state index in [1.807, 2.05) is 12.1 Å². The smallest absolute Gasteiger partial charge is 0.407 e. The molecule has 0 aromatic carbocycles. The summed E-state index contributed by atoms with van der Waals surface area (Å²) in [5, 5.41) is 2.83. The number of rotatable bonds is 3. The van der Waals surface area contributed by atoms with Crippen molar-refractivity contribution in [3.05, 3.63) is 35.8 Å². The van der Waals surface area contributed by atoms with E-state index in [1.54, 1.807) is 11.8 Å². The predicted molar refractivity (Wildman–Crippen MR) is 127 cm³/mol. The van der Waals surface area contributed by atoms with Gasteiger partial charge in [-0.1, -0.05) is 18.6 Å². The van der Waals surface area contributed by atoms with Gasteiger partial charge in [-0.2, -0.15) is 0 Å². The quantitative estimate of drug-likeness (QED) is 0.592. The summed E-state index contributed by atoms with van der Waals surface area (Å²) in [4.78, 5) is 15.0. The summed E-state index contributed by atoms with van der Waals surface area (Å²) in [5.41, 5.74) is 2.45. The van der Waals surface area contributed by atoms with Crippen LogP contribution in [0.3, 0.4) is 0 Å². The monoisotopic (exact) mass is 452 g/mol. The molecule has 0 bridgehead atoms. The topological polar surface area (TPSA) is 54.7 Å². The fraction of sp³-hybridized carbons (Fsp3) is 0.750. The first kappa shape index (κ1) is 21.8. The van der Waals surface area contributed by atoms with Gasteiger partial charge in [0.1, 0.15) is 11.9 Å². The summed E-state index contributed by atoms with van der Waals surface area (Å²) in [5.74, 6) is 4.23. The lowest BCUT2D eigenvalue weighted by molar-refractivity contribution is -0.0489. The van der Waals surface area contributed by atoms with Crippen LogP contribution in [0.15, 0.2) is 34.5 Å². The van der Waals surface area contributed by atoms with Crippen molar-refractivity contribution in [1.29, 1.82) is 0 Å². The van der Waals surface area contributed by atoms with Crippen LogP contribution in [0.5, 0.6) is 0 Å². The molecule has 0 radical (unpaired) electrons. The predicted octanol–water partition coefficient (Wildman–Crippen LogP) is 5.77. The van der Waals surface area contributed by atoms with Crippen LogP contribution in [-0.4, -0.2) is 36.7 Å². The van der Waals surface area contributed by atoms with Crippen molar-refractivity contribution < 1.29 is 13.9 Å². The number of hydrogen-bond donors (Lipinski definition) is 1. The van der Waals surface area contributed by atoms with Crippen molar-refractivity contribution in [2.24, 2.45) is 34.5 Å². The molecule has 1 saturated heterocycles. The first-order valence-corrected chi connectivity index (χ1v) is 13.3. The maximum absolute atomic E-state index is 12.4. The van der Waals surface area contributed by atoms with E-state index in [9.17, 15) is 4.79 Å². The highest BCUT2D eigenvalue weighted by atomic mass is 16.6. The van der Waals surface area contributed by atoms with Crippen molar-refractivity contribution in [1.82, 2.24) is 10.2 Å². The van der Waals surface area contributed by atoms with Crippen LogP contribution < -0.4 is 5.32 Å². The summed E-state index contributed by atoms with van der Waals surface area (Å²) < 4.78 is 11.1. The summed E-state index contributed by atoms with van der Waals surface area (Å²) in [6, 6.07) is 4.45. The van der Waals surface area contributed by atoms with Crippen LogP contribution in [0.4, 0.5) is 4.79 Å². The van der Waals surface area contributed by atoms with Gasteiger partial charge in [0, 0.05) is 19.0 Å². The van der Waals surface area contributed by atoms with Crippen LogP contribution >= 0.6 is 0 Å².